The zero-order valence-electron chi connectivity index (χ0n) is 10.5. The van der Waals surface area contributed by atoms with Crippen LogP contribution in [0.15, 0.2) is 42.5 Å². The number of hydrogen-bond donors (Lipinski definition) is 1. The summed E-state index contributed by atoms with van der Waals surface area (Å²) in [4.78, 5) is 7.35. The van der Waals surface area contributed by atoms with Crippen molar-refractivity contribution in [2.45, 2.75) is 6.10 Å². The molecule has 0 spiro atoms. The van der Waals surface area contributed by atoms with Gasteiger partial charge in [-0.15, -0.1) is 0 Å². The first-order valence-corrected chi connectivity index (χ1v) is 6.34. The van der Waals surface area contributed by atoms with E-state index in [1.807, 2.05) is 24.3 Å². The van der Waals surface area contributed by atoms with Crippen molar-refractivity contribution in [2.75, 3.05) is 6.61 Å². The molecule has 0 saturated carbocycles. The van der Waals surface area contributed by atoms with Crippen LogP contribution in [0.1, 0.15) is 11.9 Å². The molecular formula is C15H11FN2O2. The van der Waals surface area contributed by atoms with Crippen molar-refractivity contribution in [2.24, 2.45) is 0 Å². The number of imidazole rings is 1. The monoisotopic (exact) mass is 270 g/mol. The maximum atomic E-state index is 13.7. The Kier molecular flexibility index (Phi) is 2.39. The minimum atomic E-state index is -0.364. The molecule has 1 aromatic heterocycles. The standard InChI is InChI=1S/C15H11FN2O2/c16-9-4-3-5-10-14(9)18-15(17-10)13-8-19-11-6-1-2-7-12(11)20-13/h1-7,13H,8H2,(H,17,18). The van der Waals surface area contributed by atoms with Gasteiger partial charge in [0.05, 0.1) is 5.52 Å². The SMILES string of the molecule is Fc1cccc2[nH]c(C3COc4ccccc4O3)nc12. The Bertz CT molecular complexity index is 784. The van der Waals surface area contributed by atoms with E-state index in [1.165, 1.54) is 6.07 Å². The second-order valence-electron chi connectivity index (χ2n) is 4.62. The van der Waals surface area contributed by atoms with Gasteiger partial charge in [0.25, 0.3) is 0 Å². The molecule has 2 aromatic carbocycles. The third-order valence-corrected chi connectivity index (χ3v) is 3.30. The summed E-state index contributed by atoms with van der Waals surface area (Å²) in [7, 11) is 0. The van der Waals surface area contributed by atoms with Crippen LogP contribution in [0.5, 0.6) is 11.5 Å². The van der Waals surface area contributed by atoms with Crippen molar-refractivity contribution in [3.8, 4) is 11.5 Å². The number of ether oxygens (including phenoxy) is 2. The van der Waals surface area contributed by atoms with E-state index in [0.29, 0.717) is 35.0 Å². The molecule has 4 rings (SSSR count). The lowest BCUT2D eigenvalue weighted by molar-refractivity contribution is 0.0859. The van der Waals surface area contributed by atoms with Crippen LogP contribution in [0.25, 0.3) is 11.0 Å². The van der Waals surface area contributed by atoms with Gasteiger partial charge in [0, 0.05) is 0 Å². The Balaban J connectivity index is 1.72. The van der Waals surface area contributed by atoms with E-state index >= 15 is 0 Å². The van der Waals surface area contributed by atoms with E-state index in [1.54, 1.807) is 12.1 Å². The van der Waals surface area contributed by atoms with Gasteiger partial charge in [0.15, 0.2) is 29.2 Å². The lowest BCUT2D eigenvalue weighted by Crippen LogP contribution is -2.22. The minimum Gasteiger partial charge on any atom is -0.485 e. The molecule has 3 aromatic rings. The molecule has 0 fully saturated rings. The number of nitrogens with one attached hydrogen (secondary N) is 1. The summed E-state index contributed by atoms with van der Waals surface area (Å²) in [5.74, 6) is 1.61. The lowest BCUT2D eigenvalue weighted by atomic mass is 10.2. The molecular weight excluding hydrogens is 259 g/mol. The lowest BCUT2D eigenvalue weighted by Gasteiger charge is -2.24. The fourth-order valence-electron chi connectivity index (χ4n) is 2.32. The molecule has 0 aliphatic carbocycles. The molecule has 4 nitrogen and oxygen atoms in total. The molecule has 1 aliphatic heterocycles. The summed E-state index contributed by atoms with van der Waals surface area (Å²) < 4.78 is 25.1. The van der Waals surface area contributed by atoms with Gasteiger partial charge < -0.3 is 14.5 Å². The van der Waals surface area contributed by atoms with Gasteiger partial charge in [-0.25, -0.2) is 9.37 Å². The Morgan fingerprint density at radius 3 is 2.80 bits per heavy atom. The Labute approximate surface area is 114 Å². The molecule has 1 atom stereocenters. The van der Waals surface area contributed by atoms with Crippen molar-refractivity contribution in [3.63, 3.8) is 0 Å². The predicted molar refractivity (Wildman–Crippen MR) is 71.4 cm³/mol. The maximum Gasteiger partial charge on any atom is 0.190 e. The summed E-state index contributed by atoms with van der Waals surface area (Å²) in [6.45, 7) is 0.346. The van der Waals surface area contributed by atoms with E-state index in [0.717, 1.165) is 0 Å². The average Bonchev–Trinajstić information content (AvgIpc) is 2.92. The zero-order valence-corrected chi connectivity index (χ0v) is 10.5. The molecule has 0 amide bonds. The highest BCUT2D eigenvalue weighted by Crippen LogP contribution is 2.35. The number of aromatic nitrogens is 2. The molecule has 0 radical (unpaired) electrons. The fourth-order valence-corrected chi connectivity index (χ4v) is 2.32. The molecule has 1 unspecified atom stereocenters. The number of fused-ring (bicyclic) bond motifs is 2. The van der Waals surface area contributed by atoms with Gasteiger partial charge in [-0.3, -0.25) is 0 Å². The van der Waals surface area contributed by atoms with Crippen molar-refractivity contribution in [1.29, 1.82) is 0 Å². The van der Waals surface area contributed by atoms with Crippen LogP contribution >= 0.6 is 0 Å². The van der Waals surface area contributed by atoms with Crippen molar-refractivity contribution < 1.29 is 13.9 Å². The van der Waals surface area contributed by atoms with E-state index in [2.05, 4.69) is 9.97 Å². The van der Waals surface area contributed by atoms with Crippen LogP contribution in [0.2, 0.25) is 0 Å². The quantitative estimate of drug-likeness (QED) is 0.738. The van der Waals surface area contributed by atoms with Gasteiger partial charge in [-0.05, 0) is 24.3 Å². The molecule has 20 heavy (non-hydrogen) atoms. The zero-order chi connectivity index (χ0) is 13.5. The third kappa shape index (κ3) is 1.71. The van der Waals surface area contributed by atoms with E-state index < -0.39 is 0 Å². The number of nitrogens with zero attached hydrogens (tertiary/aromatic N) is 1. The third-order valence-electron chi connectivity index (χ3n) is 3.30. The number of para-hydroxylation sites is 3. The minimum absolute atomic E-state index is 0.324. The molecule has 2 heterocycles. The molecule has 1 N–H and O–H groups in total. The van der Waals surface area contributed by atoms with Crippen molar-refractivity contribution in [3.05, 3.63) is 54.1 Å². The first-order chi connectivity index (χ1) is 9.81. The number of hydrogen-bond acceptors (Lipinski definition) is 3. The first-order valence-electron chi connectivity index (χ1n) is 6.34. The Morgan fingerprint density at radius 2 is 1.95 bits per heavy atom. The second kappa shape index (κ2) is 4.23. The Morgan fingerprint density at radius 1 is 1.10 bits per heavy atom. The highest BCUT2D eigenvalue weighted by atomic mass is 19.1. The maximum absolute atomic E-state index is 13.7. The molecule has 5 heteroatoms. The number of halogens is 1. The molecule has 100 valence electrons. The van der Waals surface area contributed by atoms with Crippen LogP contribution in [0.3, 0.4) is 0 Å². The van der Waals surface area contributed by atoms with E-state index in [9.17, 15) is 4.39 Å². The largest absolute Gasteiger partial charge is 0.485 e. The van der Waals surface area contributed by atoms with Crippen LogP contribution in [0, 0.1) is 5.82 Å². The summed E-state index contributed by atoms with van der Waals surface area (Å²) in [6.07, 6.45) is -0.364. The second-order valence-corrected chi connectivity index (χ2v) is 4.62. The number of benzene rings is 2. The van der Waals surface area contributed by atoms with Crippen LogP contribution in [0.4, 0.5) is 4.39 Å². The van der Waals surface area contributed by atoms with Gasteiger partial charge in [-0.2, -0.15) is 0 Å². The summed E-state index contributed by atoms with van der Waals surface area (Å²) in [5.41, 5.74) is 0.979. The molecule has 0 saturated heterocycles. The predicted octanol–water partition coefficient (Wildman–Crippen LogP) is 3.21. The van der Waals surface area contributed by atoms with Gasteiger partial charge >= 0.3 is 0 Å². The van der Waals surface area contributed by atoms with Crippen LogP contribution in [-0.2, 0) is 0 Å². The van der Waals surface area contributed by atoms with Gasteiger partial charge in [0.1, 0.15) is 12.1 Å². The first kappa shape index (κ1) is 11.3. The van der Waals surface area contributed by atoms with Crippen LogP contribution < -0.4 is 9.47 Å². The van der Waals surface area contributed by atoms with E-state index in [-0.39, 0.29) is 11.9 Å². The summed E-state index contributed by atoms with van der Waals surface area (Å²) in [5, 5.41) is 0. The summed E-state index contributed by atoms with van der Waals surface area (Å²) in [6, 6.07) is 12.3. The number of aromatic amines is 1. The Hall–Kier alpha value is -2.56. The highest BCUT2D eigenvalue weighted by molar-refractivity contribution is 5.75. The normalized spacial score (nSPS) is 17.4. The van der Waals surface area contributed by atoms with Crippen LogP contribution in [-0.4, -0.2) is 16.6 Å². The molecule has 1 aliphatic rings. The number of H-pyrrole nitrogens is 1. The fraction of sp³-hybridized carbons (Fsp3) is 0.133. The smallest absolute Gasteiger partial charge is 0.190 e. The van der Waals surface area contributed by atoms with Crippen molar-refractivity contribution in [1.82, 2.24) is 9.97 Å². The van der Waals surface area contributed by atoms with Gasteiger partial charge in [0.2, 0.25) is 0 Å². The number of rotatable bonds is 1. The average molecular weight is 270 g/mol. The highest BCUT2D eigenvalue weighted by Gasteiger charge is 2.25. The van der Waals surface area contributed by atoms with Crippen molar-refractivity contribution >= 4 is 11.0 Å². The topological polar surface area (TPSA) is 47.1 Å². The van der Waals surface area contributed by atoms with Gasteiger partial charge in [-0.1, -0.05) is 18.2 Å². The summed E-state index contributed by atoms with van der Waals surface area (Å²) >= 11 is 0. The molecule has 0 bridgehead atoms. The van der Waals surface area contributed by atoms with E-state index in [4.69, 9.17) is 9.47 Å².